The Kier molecular flexibility index (Phi) is 5.66. The standard InChI is InChI=1S/C38H20N2S2/c39-21-23-12-16-36-33(18-23)34-20-25(14-17-37(34)41-36)24-13-15-28(32(19-24)27-7-2-1-6-26(27)22-40)30-9-5-10-31-29-8-3-4-11-35(29)42-38(30)31/h1-20H. The van der Waals surface area contributed by atoms with Crippen LogP contribution >= 0.6 is 22.7 Å². The summed E-state index contributed by atoms with van der Waals surface area (Å²) in [6, 6.07) is 46.8. The van der Waals surface area contributed by atoms with Gasteiger partial charge in [-0.15, -0.1) is 22.7 Å². The second-order valence-electron chi connectivity index (χ2n) is 10.3. The quantitative estimate of drug-likeness (QED) is 0.213. The molecule has 2 aromatic heterocycles. The highest BCUT2D eigenvalue weighted by Crippen LogP contribution is 2.45. The lowest BCUT2D eigenvalue weighted by atomic mass is 9.88. The smallest absolute Gasteiger partial charge is 0.0998 e. The Balaban J connectivity index is 1.38. The molecule has 8 aromatic rings. The highest BCUT2D eigenvalue weighted by Gasteiger charge is 2.17. The molecular formula is C38H20N2S2. The minimum Gasteiger partial charge on any atom is -0.192 e. The van der Waals surface area contributed by atoms with E-state index in [0.717, 1.165) is 38.6 Å². The van der Waals surface area contributed by atoms with E-state index in [2.05, 4.69) is 91.0 Å². The number of nitrogens with zero attached hydrogens (tertiary/aromatic N) is 2. The monoisotopic (exact) mass is 568 g/mol. The summed E-state index contributed by atoms with van der Waals surface area (Å²) in [5.41, 5.74) is 7.76. The van der Waals surface area contributed by atoms with E-state index in [-0.39, 0.29) is 0 Å². The van der Waals surface area contributed by atoms with Crippen LogP contribution < -0.4 is 0 Å². The molecule has 6 aromatic carbocycles. The maximum atomic E-state index is 10.1. The Morgan fingerprint density at radius 3 is 2.00 bits per heavy atom. The van der Waals surface area contributed by atoms with Gasteiger partial charge in [0.2, 0.25) is 0 Å². The van der Waals surface area contributed by atoms with Crippen LogP contribution in [0.1, 0.15) is 11.1 Å². The number of fused-ring (bicyclic) bond motifs is 6. The lowest BCUT2D eigenvalue weighted by molar-refractivity contribution is 1.48. The minimum absolute atomic E-state index is 0.655. The first kappa shape index (κ1) is 24.5. The van der Waals surface area contributed by atoms with Crippen molar-refractivity contribution in [1.82, 2.24) is 0 Å². The van der Waals surface area contributed by atoms with Gasteiger partial charge in [0.15, 0.2) is 0 Å². The fourth-order valence-corrected chi connectivity index (χ4v) is 8.28. The van der Waals surface area contributed by atoms with Crippen molar-refractivity contribution in [3.8, 4) is 45.5 Å². The average molecular weight is 569 g/mol. The Hall–Kier alpha value is -5.26. The van der Waals surface area contributed by atoms with E-state index in [1.54, 1.807) is 11.3 Å². The molecule has 0 aliphatic carbocycles. The molecule has 4 heteroatoms. The van der Waals surface area contributed by atoms with Crippen molar-refractivity contribution in [2.45, 2.75) is 0 Å². The van der Waals surface area contributed by atoms with Crippen molar-refractivity contribution < 1.29 is 0 Å². The lowest BCUT2D eigenvalue weighted by Gasteiger charge is -2.15. The molecule has 0 saturated heterocycles. The van der Waals surface area contributed by atoms with E-state index in [9.17, 15) is 10.5 Å². The molecule has 8 rings (SSSR count). The number of benzene rings is 6. The van der Waals surface area contributed by atoms with Crippen LogP contribution in [-0.4, -0.2) is 0 Å². The molecule has 0 unspecified atom stereocenters. The highest BCUT2D eigenvalue weighted by atomic mass is 32.1. The normalized spacial score (nSPS) is 11.3. The predicted molar refractivity (Wildman–Crippen MR) is 178 cm³/mol. The Bertz CT molecular complexity index is 2450. The third-order valence-corrected chi connectivity index (χ3v) is 10.4. The Morgan fingerprint density at radius 1 is 0.429 bits per heavy atom. The van der Waals surface area contributed by atoms with Crippen LogP contribution in [0.25, 0.3) is 73.7 Å². The first-order valence-electron chi connectivity index (χ1n) is 13.6. The second kappa shape index (κ2) is 9.68. The van der Waals surface area contributed by atoms with Gasteiger partial charge in [-0.2, -0.15) is 10.5 Å². The zero-order valence-electron chi connectivity index (χ0n) is 22.3. The summed E-state index contributed by atoms with van der Waals surface area (Å²) in [5, 5.41) is 24.3. The molecule has 0 spiro atoms. The zero-order chi connectivity index (χ0) is 28.2. The topological polar surface area (TPSA) is 47.6 Å². The van der Waals surface area contributed by atoms with E-state index >= 15 is 0 Å². The van der Waals surface area contributed by atoms with Crippen LogP contribution in [0, 0.1) is 22.7 Å². The largest absolute Gasteiger partial charge is 0.192 e. The summed E-state index contributed by atoms with van der Waals surface area (Å²) >= 11 is 3.57. The average Bonchev–Trinajstić information content (AvgIpc) is 3.62. The highest BCUT2D eigenvalue weighted by molar-refractivity contribution is 7.26. The van der Waals surface area contributed by atoms with Gasteiger partial charge in [0, 0.05) is 51.5 Å². The molecule has 0 N–H and O–H groups in total. The van der Waals surface area contributed by atoms with Gasteiger partial charge in [-0.3, -0.25) is 0 Å². The molecule has 2 nitrogen and oxygen atoms in total. The summed E-state index contributed by atoms with van der Waals surface area (Å²) in [4.78, 5) is 0. The van der Waals surface area contributed by atoms with Crippen LogP contribution in [0.5, 0.6) is 0 Å². The fourth-order valence-electron chi connectivity index (χ4n) is 5.98. The van der Waals surface area contributed by atoms with Gasteiger partial charge in [-0.1, -0.05) is 72.8 Å². The maximum absolute atomic E-state index is 10.1. The van der Waals surface area contributed by atoms with Crippen molar-refractivity contribution in [2.24, 2.45) is 0 Å². The molecule has 0 radical (unpaired) electrons. The van der Waals surface area contributed by atoms with Gasteiger partial charge in [0.05, 0.1) is 23.3 Å². The molecule has 0 aliphatic heterocycles. The van der Waals surface area contributed by atoms with Crippen LogP contribution in [0.3, 0.4) is 0 Å². The van der Waals surface area contributed by atoms with Gasteiger partial charge in [0.1, 0.15) is 0 Å². The third-order valence-electron chi connectivity index (χ3n) is 7.98. The van der Waals surface area contributed by atoms with Crippen molar-refractivity contribution in [2.75, 3.05) is 0 Å². The van der Waals surface area contributed by atoms with E-state index in [1.807, 2.05) is 53.8 Å². The number of rotatable bonds is 3. The minimum atomic E-state index is 0.655. The predicted octanol–water partition coefficient (Wildman–Crippen LogP) is 11.2. The van der Waals surface area contributed by atoms with Gasteiger partial charge < -0.3 is 0 Å². The van der Waals surface area contributed by atoms with Crippen molar-refractivity contribution in [3.05, 3.63) is 132 Å². The van der Waals surface area contributed by atoms with Crippen molar-refractivity contribution in [1.29, 1.82) is 10.5 Å². The maximum Gasteiger partial charge on any atom is 0.0998 e. The molecule has 0 aliphatic rings. The number of nitriles is 2. The number of thiophene rings is 2. The molecule has 0 atom stereocenters. The van der Waals surface area contributed by atoms with Crippen LogP contribution in [0.4, 0.5) is 0 Å². The number of hydrogen-bond donors (Lipinski definition) is 0. The van der Waals surface area contributed by atoms with Crippen LogP contribution in [-0.2, 0) is 0 Å². The molecule has 2 heterocycles. The molecule has 0 bridgehead atoms. The molecular weight excluding hydrogens is 549 g/mol. The molecule has 0 fully saturated rings. The SMILES string of the molecule is N#Cc1ccc2sc3ccc(-c4ccc(-c5cccc6c5sc5ccccc56)c(-c5ccccc5C#N)c4)cc3c2c1. The number of hydrogen-bond acceptors (Lipinski definition) is 4. The first-order chi connectivity index (χ1) is 20.7. The van der Waals surface area contributed by atoms with Crippen molar-refractivity contribution in [3.63, 3.8) is 0 Å². The second-order valence-corrected chi connectivity index (χ2v) is 12.5. The van der Waals surface area contributed by atoms with E-state index in [1.165, 1.54) is 35.1 Å². The Morgan fingerprint density at radius 2 is 1.12 bits per heavy atom. The van der Waals surface area contributed by atoms with Gasteiger partial charge in [-0.05, 0) is 70.8 Å². The Labute approximate surface area is 250 Å². The molecule has 194 valence electrons. The van der Waals surface area contributed by atoms with Crippen LogP contribution in [0.2, 0.25) is 0 Å². The third kappa shape index (κ3) is 3.82. The molecule has 42 heavy (non-hydrogen) atoms. The summed E-state index contributed by atoms with van der Waals surface area (Å²) in [6.45, 7) is 0. The molecule has 0 amide bonds. The van der Waals surface area contributed by atoms with Crippen LogP contribution in [0.15, 0.2) is 121 Å². The lowest BCUT2D eigenvalue weighted by Crippen LogP contribution is -1.91. The summed E-state index contributed by atoms with van der Waals surface area (Å²) < 4.78 is 4.90. The van der Waals surface area contributed by atoms with E-state index in [0.29, 0.717) is 11.1 Å². The summed E-state index contributed by atoms with van der Waals surface area (Å²) in [6.07, 6.45) is 0. The first-order valence-corrected chi connectivity index (χ1v) is 15.3. The van der Waals surface area contributed by atoms with Gasteiger partial charge in [-0.25, -0.2) is 0 Å². The van der Waals surface area contributed by atoms with E-state index in [4.69, 9.17) is 0 Å². The summed E-state index contributed by atoms with van der Waals surface area (Å²) in [5.74, 6) is 0. The van der Waals surface area contributed by atoms with Gasteiger partial charge in [0.25, 0.3) is 0 Å². The fraction of sp³-hybridized carbons (Fsp3) is 0. The molecule has 0 saturated carbocycles. The zero-order valence-corrected chi connectivity index (χ0v) is 23.9. The van der Waals surface area contributed by atoms with Crippen molar-refractivity contribution >= 4 is 63.0 Å². The summed E-state index contributed by atoms with van der Waals surface area (Å²) in [7, 11) is 0. The van der Waals surface area contributed by atoms with E-state index < -0.39 is 0 Å². The van der Waals surface area contributed by atoms with Gasteiger partial charge >= 0.3 is 0 Å².